The van der Waals surface area contributed by atoms with E-state index in [0.717, 1.165) is 38.2 Å². The van der Waals surface area contributed by atoms with Crippen molar-refractivity contribution in [2.24, 2.45) is 29.6 Å². The summed E-state index contributed by atoms with van der Waals surface area (Å²) in [6, 6.07) is 1.05. The molecule has 22 heteroatoms. The van der Waals surface area contributed by atoms with E-state index in [0.29, 0.717) is 31.4 Å². The maximum atomic E-state index is 16.5. The number of rotatable bonds is 10. The third-order valence-corrected chi connectivity index (χ3v) is 19.6. The van der Waals surface area contributed by atoms with Crippen molar-refractivity contribution in [1.29, 1.82) is 0 Å². The Balaban J connectivity index is 0.953. The summed E-state index contributed by atoms with van der Waals surface area (Å²) in [7, 11) is 4.92. The number of phenolic OH excluding ortho intramolecular Hbond substituents is 1. The number of carbonyl (C=O) groups excluding carboxylic acids is 5. The fourth-order valence-corrected chi connectivity index (χ4v) is 14.1. The fraction of sp³-hybridized carbons (Fsp3) is 0.547. The van der Waals surface area contributed by atoms with Crippen LogP contribution in [0.5, 0.6) is 17.2 Å². The number of piperidine rings is 1. The van der Waals surface area contributed by atoms with Gasteiger partial charge in [-0.3, -0.25) is 33.7 Å². The minimum atomic E-state index is -2.15. The van der Waals surface area contributed by atoms with Crippen LogP contribution in [0.4, 0.5) is 10.1 Å². The van der Waals surface area contributed by atoms with Crippen molar-refractivity contribution in [2.75, 3.05) is 52.3 Å². The molecule has 2 aromatic carbocycles. The van der Waals surface area contributed by atoms with E-state index in [1.165, 1.54) is 66.5 Å². The van der Waals surface area contributed by atoms with Crippen molar-refractivity contribution >= 4 is 51.8 Å². The molecule has 3 aliphatic carbocycles. The Morgan fingerprint density at radius 3 is 2.16 bits per heavy atom. The number of ether oxygens (including phenoxy) is 5. The number of aromatic hydroxyl groups is 1. The van der Waals surface area contributed by atoms with E-state index in [4.69, 9.17) is 23.7 Å². The van der Waals surface area contributed by atoms with Gasteiger partial charge in [0.2, 0.25) is 17.0 Å². The largest absolute Gasteiger partial charge is 0.507 e. The molecule has 21 nitrogen and oxygen atoms in total. The SMILES string of the molecule is COc1c(N2CCC(C3(N(C)C4CCN(C5=C6NC(=O)/C(C)=C\C=C\[C@@H](C)[C@H](O)[C@@H](C)[C@H](O)[C@@H](C)[C@H](OC(C)=O)[C@H](C)[C@@H](OC)/C=C/O[C@@]7(C)Oc8c(C)c(O)c(c(c8C7=O)C5=O)C6=O)CC4)CC3)C2)c(F)cc2c(=O)c(C(=O)O)cn(C3CC3)c12. The normalized spacial score (nSPS) is 30.5. The molecule has 5 bridgehead atoms. The zero-order valence-corrected chi connectivity index (χ0v) is 50.5. The van der Waals surface area contributed by atoms with Gasteiger partial charge in [0.15, 0.2) is 11.6 Å². The number of anilines is 1. The number of aromatic nitrogens is 1. The zero-order chi connectivity index (χ0) is 62.3. The number of aliphatic hydroxyl groups is 2. The number of methoxy groups -OCH3 is 2. The molecule has 11 rings (SSSR count). The van der Waals surface area contributed by atoms with Crippen molar-refractivity contribution in [3.05, 3.63) is 104 Å². The second-order valence-electron chi connectivity index (χ2n) is 24.8. The van der Waals surface area contributed by atoms with Gasteiger partial charge in [0, 0.05) is 106 Å². The maximum absolute atomic E-state index is 16.5. The van der Waals surface area contributed by atoms with Gasteiger partial charge in [0.1, 0.15) is 40.2 Å². The van der Waals surface area contributed by atoms with Crippen LogP contribution in [0.2, 0.25) is 0 Å². The lowest BCUT2D eigenvalue weighted by atomic mass is 9.78. The number of nitrogens with one attached hydrogen (secondary N) is 1. The molecule has 0 radical (unpaired) electrons. The minimum Gasteiger partial charge on any atom is -0.507 e. The van der Waals surface area contributed by atoms with Crippen LogP contribution in [0.3, 0.4) is 0 Å². The van der Waals surface area contributed by atoms with Crippen LogP contribution >= 0.6 is 0 Å². The van der Waals surface area contributed by atoms with Crippen LogP contribution in [-0.2, 0) is 23.8 Å². The maximum Gasteiger partial charge on any atom is 0.341 e. The summed E-state index contributed by atoms with van der Waals surface area (Å²) in [4.78, 5) is 104. The van der Waals surface area contributed by atoms with Gasteiger partial charge in [-0.25, -0.2) is 9.18 Å². The first-order valence-electron chi connectivity index (χ1n) is 29.7. The monoisotopic (exact) mass is 1190 g/mol. The Bertz CT molecular complexity index is 3520. The van der Waals surface area contributed by atoms with Crippen LogP contribution in [0.15, 0.2) is 64.6 Å². The average molecular weight is 1190 g/mol. The number of aromatic carboxylic acids is 1. The van der Waals surface area contributed by atoms with Gasteiger partial charge in [0.25, 0.3) is 11.7 Å². The average Bonchev–Trinajstić information content (AvgIpc) is 1.37. The van der Waals surface area contributed by atoms with Crippen LogP contribution in [0.1, 0.15) is 146 Å². The number of allylic oxidation sites excluding steroid dienone is 4. The minimum absolute atomic E-state index is 0.0296. The third-order valence-electron chi connectivity index (χ3n) is 19.6. The van der Waals surface area contributed by atoms with Crippen LogP contribution in [0.25, 0.3) is 10.9 Å². The number of phenols is 1. The first kappa shape index (κ1) is 61.7. The Kier molecular flexibility index (Phi) is 16.8. The lowest BCUT2D eigenvalue weighted by molar-refractivity contribution is -0.160. The van der Waals surface area contributed by atoms with E-state index >= 15 is 14.0 Å². The second-order valence-corrected chi connectivity index (χ2v) is 24.8. The second kappa shape index (κ2) is 23.4. The smallest absolute Gasteiger partial charge is 0.341 e. The number of carbonyl (C=O) groups is 6. The molecule has 4 fully saturated rings. The van der Waals surface area contributed by atoms with E-state index in [-0.39, 0.29) is 81.6 Å². The Hall–Kier alpha value is -7.40. The Morgan fingerprint density at radius 2 is 1.55 bits per heavy atom. The van der Waals surface area contributed by atoms with Crippen molar-refractivity contribution < 1.29 is 77.3 Å². The molecule has 3 aromatic rings. The molecule has 2 saturated heterocycles. The van der Waals surface area contributed by atoms with Crippen molar-refractivity contribution in [3.8, 4) is 17.2 Å². The molecule has 10 atom stereocenters. The summed E-state index contributed by atoms with van der Waals surface area (Å²) in [5.74, 6) is -11.4. The van der Waals surface area contributed by atoms with Gasteiger partial charge in [-0.2, -0.15) is 0 Å². The summed E-state index contributed by atoms with van der Waals surface area (Å²) in [5.41, 5.74) is -2.56. The van der Waals surface area contributed by atoms with E-state index in [1.807, 2.05) is 4.90 Å². The highest BCUT2D eigenvalue weighted by atomic mass is 19.1. The fourth-order valence-electron chi connectivity index (χ4n) is 14.1. The molecule has 6 heterocycles. The Morgan fingerprint density at radius 1 is 0.872 bits per heavy atom. The molecular weight excluding hydrogens is 1110 g/mol. The number of aliphatic hydroxyl groups excluding tert-OH is 2. The molecule has 0 spiro atoms. The molecule has 2 saturated carbocycles. The molecule has 1 aromatic heterocycles. The number of benzene rings is 2. The summed E-state index contributed by atoms with van der Waals surface area (Å²) >= 11 is 0. The third kappa shape index (κ3) is 10.6. The molecule has 1 amide bonds. The first-order valence-corrected chi connectivity index (χ1v) is 29.7. The van der Waals surface area contributed by atoms with E-state index in [9.17, 15) is 44.4 Å². The lowest BCUT2D eigenvalue weighted by Gasteiger charge is -2.44. The molecule has 1 unspecified atom stereocenters. The van der Waals surface area contributed by atoms with Gasteiger partial charge >= 0.3 is 17.7 Å². The predicted octanol–water partition coefficient (Wildman–Crippen LogP) is 6.91. The van der Waals surface area contributed by atoms with Crippen LogP contribution in [0, 0.1) is 42.3 Å². The van der Waals surface area contributed by atoms with Gasteiger partial charge < -0.3 is 63.8 Å². The van der Waals surface area contributed by atoms with E-state index in [2.05, 4.69) is 17.3 Å². The standard InChI is InChI=1S/C64H78FN5O16/c1-30-13-12-14-31(2)61(79)66-47-50(56(77)44-45(55(47)76)53(74)35(6)58-46(44)60(78)63(8,86-58)84-26-20-43(82-10)32(3)57(85-36(7)71)34(5)52(73)33(4)51(30)72)68-24-18-38(19-25-68)67(9)64(21-22-64)37-17-23-69(28-37)49-42(65)27-40-48(59(49)83-11)70(39-15-16-39)29-41(54(40)75)62(80)81/h12-14,20,26-27,29-30,32-34,37-39,43,51-52,57,72-74H,15-19,21-25,28H2,1-11H3,(H,66,79)(H,80,81)/b13-12+,26-20+,31-14-/t30-,32-,33-,34-,37?,43+,51+,52+,57-,63+/m1/s1. The number of amides is 1. The zero-order valence-electron chi connectivity index (χ0n) is 50.5. The van der Waals surface area contributed by atoms with Crippen molar-refractivity contribution in [1.82, 2.24) is 19.7 Å². The number of likely N-dealkylation sites (tertiary alicyclic amines) is 1. The highest BCUT2D eigenvalue weighted by Crippen LogP contribution is 2.55. The van der Waals surface area contributed by atoms with Gasteiger partial charge in [-0.1, -0.05) is 45.9 Å². The van der Waals surface area contributed by atoms with Crippen molar-refractivity contribution in [3.63, 3.8) is 0 Å². The number of fused-ring (bicyclic) bond motifs is 15. The van der Waals surface area contributed by atoms with Gasteiger partial charge in [-0.05, 0) is 83.9 Å². The number of Topliss-reactive ketones (excluding diaryl/α,β-unsaturated/α-hetero) is 3. The van der Waals surface area contributed by atoms with Crippen LogP contribution < -0.4 is 25.1 Å². The molecule has 5 N–H and O–H groups in total. The number of carboxylic acids is 1. The summed E-state index contributed by atoms with van der Waals surface area (Å²) < 4.78 is 48.1. The van der Waals surface area contributed by atoms with E-state index in [1.54, 1.807) is 49.3 Å². The van der Waals surface area contributed by atoms with E-state index < -0.39 is 128 Å². The summed E-state index contributed by atoms with van der Waals surface area (Å²) in [5, 5.41) is 47.7. The quantitative estimate of drug-likeness (QED) is 0.129. The highest BCUT2D eigenvalue weighted by molar-refractivity contribution is 6.32. The van der Waals surface area contributed by atoms with Gasteiger partial charge in [-0.15, -0.1) is 0 Å². The predicted molar refractivity (Wildman–Crippen MR) is 313 cm³/mol. The number of ketones is 3. The summed E-state index contributed by atoms with van der Waals surface area (Å²) in [6.45, 7) is 13.8. The molecule has 86 heavy (non-hydrogen) atoms. The lowest BCUT2D eigenvalue weighted by Crippen LogP contribution is -2.52. The number of hydrogen-bond donors (Lipinski definition) is 5. The number of hydrogen-bond acceptors (Lipinski definition) is 18. The number of carboxylic acid groups (broad SMARTS) is 1. The summed E-state index contributed by atoms with van der Waals surface area (Å²) in [6.07, 6.45) is 9.61. The topological polar surface area (TPSA) is 273 Å². The van der Waals surface area contributed by atoms with Crippen molar-refractivity contribution in [2.45, 2.75) is 148 Å². The number of pyridine rings is 1. The molecule has 5 aliphatic heterocycles. The number of nitrogens with zero attached hydrogens (tertiary/aromatic N) is 4. The molecule has 8 aliphatic rings. The number of halogens is 1. The number of esters is 1. The Labute approximate surface area is 498 Å². The highest BCUT2D eigenvalue weighted by Gasteiger charge is 2.57. The molecular formula is C64H78FN5O16. The van der Waals surface area contributed by atoms with Gasteiger partial charge in [0.05, 0.1) is 59.3 Å². The molecule has 462 valence electrons. The first-order chi connectivity index (χ1) is 40.7. The van der Waals surface area contributed by atoms with Crippen LogP contribution in [-0.4, -0.2) is 159 Å².